The van der Waals surface area contributed by atoms with Gasteiger partial charge < -0.3 is 10.1 Å². The minimum atomic E-state index is -0.472. The first-order valence-corrected chi connectivity index (χ1v) is 10.6. The van der Waals surface area contributed by atoms with Gasteiger partial charge in [0.25, 0.3) is 0 Å². The van der Waals surface area contributed by atoms with Gasteiger partial charge in [-0.2, -0.15) is 0 Å². The number of anilines is 1. The van der Waals surface area contributed by atoms with E-state index in [1.807, 2.05) is 74.5 Å². The van der Waals surface area contributed by atoms with Crippen LogP contribution in [0, 0.1) is 6.92 Å². The smallest absolute Gasteiger partial charge is 0.341 e. The number of esters is 1. The van der Waals surface area contributed by atoms with Gasteiger partial charge in [-0.3, -0.25) is 4.79 Å². The van der Waals surface area contributed by atoms with E-state index in [0.717, 1.165) is 21.6 Å². The average Bonchev–Trinajstić information content (AvgIpc) is 3.04. The lowest BCUT2D eigenvalue weighted by Crippen LogP contribution is -2.23. The summed E-state index contributed by atoms with van der Waals surface area (Å²) in [7, 11) is 0. The third-order valence-corrected chi connectivity index (χ3v) is 5.87. The second kappa shape index (κ2) is 9.52. The molecule has 2 aromatic carbocycles. The normalized spacial score (nSPS) is 10.8. The van der Waals surface area contributed by atoms with Gasteiger partial charge in [0.2, 0.25) is 5.91 Å². The second-order valence-corrected chi connectivity index (χ2v) is 7.88. The Hall–Kier alpha value is -2.92. The van der Waals surface area contributed by atoms with Crippen molar-refractivity contribution in [3.63, 3.8) is 0 Å². The van der Waals surface area contributed by atoms with Gasteiger partial charge >= 0.3 is 5.97 Å². The van der Waals surface area contributed by atoms with Gasteiger partial charge in [-0.15, -0.1) is 11.3 Å². The molecule has 5 heteroatoms. The summed E-state index contributed by atoms with van der Waals surface area (Å²) in [5, 5.41) is 3.58. The molecule has 0 aliphatic rings. The van der Waals surface area contributed by atoms with Crippen LogP contribution < -0.4 is 5.32 Å². The number of amides is 1. The molecule has 1 amide bonds. The van der Waals surface area contributed by atoms with Crippen molar-refractivity contribution < 1.29 is 14.3 Å². The van der Waals surface area contributed by atoms with Crippen molar-refractivity contribution in [3.05, 3.63) is 87.8 Å². The molecule has 1 aromatic heterocycles. The van der Waals surface area contributed by atoms with Crippen LogP contribution in [-0.2, 0) is 16.0 Å². The number of carbonyl (C=O) groups is 2. The van der Waals surface area contributed by atoms with Crippen LogP contribution >= 0.6 is 11.3 Å². The maximum Gasteiger partial charge on any atom is 0.341 e. The predicted octanol–water partition coefficient (Wildman–Crippen LogP) is 5.57. The molecule has 1 heterocycles. The van der Waals surface area contributed by atoms with Crippen LogP contribution in [0.5, 0.6) is 0 Å². The highest BCUT2D eigenvalue weighted by Crippen LogP contribution is 2.35. The van der Waals surface area contributed by atoms with Crippen LogP contribution in [0.2, 0.25) is 0 Å². The summed E-state index contributed by atoms with van der Waals surface area (Å²) in [6, 6.07) is 19.3. The molecule has 0 saturated heterocycles. The highest BCUT2D eigenvalue weighted by Gasteiger charge is 2.27. The van der Waals surface area contributed by atoms with E-state index in [2.05, 4.69) is 5.32 Å². The van der Waals surface area contributed by atoms with E-state index in [0.29, 0.717) is 23.6 Å². The van der Waals surface area contributed by atoms with Crippen LogP contribution in [-0.4, -0.2) is 18.5 Å². The largest absolute Gasteiger partial charge is 0.462 e. The molecule has 0 radical (unpaired) electrons. The van der Waals surface area contributed by atoms with Gasteiger partial charge in [0.1, 0.15) is 5.00 Å². The Morgan fingerprint density at radius 3 is 2.00 bits per heavy atom. The number of benzene rings is 2. The number of nitrogens with one attached hydrogen (secondary N) is 1. The molecule has 0 atom stereocenters. The zero-order chi connectivity index (χ0) is 20.8. The fraction of sp³-hybridized carbons (Fsp3) is 0.250. The van der Waals surface area contributed by atoms with Crippen molar-refractivity contribution in [1.82, 2.24) is 0 Å². The van der Waals surface area contributed by atoms with E-state index in [1.165, 1.54) is 11.3 Å². The predicted molar refractivity (Wildman–Crippen MR) is 118 cm³/mol. The molecule has 0 spiro atoms. The lowest BCUT2D eigenvalue weighted by atomic mass is 9.90. The number of rotatable bonds is 7. The molecular weight excluding hydrogens is 382 g/mol. The Morgan fingerprint density at radius 2 is 1.52 bits per heavy atom. The number of thiophene rings is 1. The molecule has 3 rings (SSSR count). The Labute approximate surface area is 175 Å². The Bertz CT molecular complexity index is 941. The molecule has 0 saturated carbocycles. The van der Waals surface area contributed by atoms with Gasteiger partial charge in [0, 0.05) is 4.88 Å². The van der Waals surface area contributed by atoms with Crippen LogP contribution in [0.1, 0.15) is 51.7 Å². The molecule has 3 aromatic rings. The SMILES string of the molecule is CCOC(=O)c1c(NC(=O)C(c2ccccc2)c2ccccc2)sc(C)c1CC. The molecule has 29 heavy (non-hydrogen) atoms. The molecule has 1 N–H and O–H groups in total. The van der Waals surface area contributed by atoms with Crippen molar-refractivity contribution in [1.29, 1.82) is 0 Å². The average molecular weight is 408 g/mol. The fourth-order valence-corrected chi connectivity index (χ4v) is 4.62. The Balaban J connectivity index is 2.00. The van der Waals surface area contributed by atoms with Gasteiger partial charge in [0.15, 0.2) is 0 Å². The molecule has 150 valence electrons. The summed E-state index contributed by atoms with van der Waals surface area (Å²) in [5.74, 6) is -1.03. The summed E-state index contributed by atoms with van der Waals surface area (Å²) in [6.07, 6.45) is 0.702. The summed E-state index contributed by atoms with van der Waals surface area (Å²) in [4.78, 5) is 27.0. The molecule has 0 fully saturated rings. The zero-order valence-electron chi connectivity index (χ0n) is 16.9. The summed E-state index contributed by atoms with van der Waals surface area (Å²) in [5.41, 5.74) is 3.21. The van der Waals surface area contributed by atoms with E-state index in [1.54, 1.807) is 6.92 Å². The summed E-state index contributed by atoms with van der Waals surface area (Å²) >= 11 is 1.42. The monoisotopic (exact) mass is 407 g/mol. The van der Waals surface area contributed by atoms with E-state index in [4.69, 9.17) is 4.74 Å². The summed E-state index contributed by atoms with van der Waals surface area (Å²) < 4.78 is 5.25. The van der Waals surface area contributed by atoms with Crippen molar-refractivity contribution >= 4 is 28.2 Å². The van der Waals surface area contributed by atoms with Crippen molar-refractivity contribution in [3.8, 4) is 0 Å². The lowest BCUT2D eigenvalue weighted by molar-refractivity contribution is -0.116. The Morgan fingerprint density at radius 1 is 0.966 bits per heavy atom. The minimum Gasteiger partial charge on any atom is -0.462 e. The molecule has 0 aliphatic heterocycles. The number of ether oxygens (including phenoxy) is 1. The van der Waals surface area contributed by atoms with Gasteiger partial charge in [-0.1, -0.05) is 67.6 Å². The van der Waals surface area contributed by atoms with Crippen molar-refractivity contribution in [2.75, 3.05) is 11.9 Å². The second-order valence-electron chi connectivity index (χ2n) is 6.66. The van der Waals surface area contributed by atoms with Gasteiger partial charge in [-0.05, 0) is 37.0 Å². The zero-order valence-corrected chi connectivity index (χ0v) is 17.7. The first-order chi connectivity index (χ1) is 14.1. The third kappa shape index (κ3) is 4.57. The number of hydrogen-bond donors (Lipinski definition) is 1. The first kappa shape index (κ1) is 20.8. The first-order valence-electron chi connectivity index (χ1n) is 9.76. The van der Waals surface area contributed by atoms with Crippen LogP contribution in [0.4, 0.5) is 5.00 Å². The molecule has 0 unspecified atom stereocenters. The van der Waals surface area contributed by atoms with Gasteiger partial charge in [0.05, 0.1) is 18.1 Å². The van der Waals surface area contributed by atoms with E-state index in [9.17, 15) is 9.59 Å². The third-order valence-electron chi connectivity index (χ3n) is 4.81. The molecular formula is C24H25NO3S. The number of carbonyl (C=O) groups excluding carboxylic acids is 2. The standard InChI is InChI=1S/C24H25NO3S/c1-4-19-16(3)29-23(21(19)24(27)28-5-2)25-22(26)20(17-12-8-6-9-13-17)18-14-10-7-11-15-18/h6-15,20H,4-5H2,1-3H3,(H,25,26). The maximum absolute atomic E-state index is 13.4. The van der Waals surface area contributed by atoms with E-state index >= 15 is 0 Å². The highest BCUT2D eigenvalue weighted by atomic mass is 32.1. The Kier molecular flexibility index (Phi) is 6.83. The fourth-order valence-electron chi connectivity index (χ4n) is 3.48. The maximum atomic E-state index is 13.4. The van der Waals surface area contributed by atoms with E-state index < -0.39 is 5.92 Å². The number of aryl methyl sites for hydroxylation is 1. The van der Waals surface area contributed by atoms with Crippen LogP contribution in [0.15, 0.2) is 60.7 Å². The van der Waals surface area contributed by atoms with Gasteiger partial charge in [-0.25, -0.2) is 4.79 Å². The molecule has 0 bridgehead atoms. The van der Waals surface area contributed by atoms with Crippen molar-refractivity contribution in [2.45, 2.75) is 33.1 Å². The molecule has 4 nitrogen and oxygen atoms in total. The van der Waals surface area contributed by atoms with Crippen molar-refractivity contribution in [2.24, 2.45) is 0 Å². The van der Waals surface area contributed by atoms with E-state index in [-0.39, 0.29) is 11.9 Å². The molecule has 0 aliphatic carbocycles. The van der Waals surface area contributed by atoms with Crippen LogP contribution in [0.3, 0.4) is 0 Å². The minimum absolute atomic E-state index is 0.170. The summed E-state index contributed by atoms with van der Waals surface area (Å²) in [6.45, 7) is 6.04. The number of hydrogen-bond acceptors (Lipinski definition) is 4. The quantitative estimate of drug-likeness (QED) is 0.521. The topological polar surface area (TPSA) is 55.4 Å². The lowest BCUT2D eigenvalue weighted by Gasteiger charge is -2.18. The highest BCUT2D eigenvalue weighted by molar-refractivity contribution is 7.16. The van der Waals surface area contributed by atoms with Crippen LogP contribution in [0.25, 0.3) is 0 Å².